The van der Waals surface area contributed by atoms with Gasteiger partial charge in [0, 0.05) is 0 Å². The molecule has 0 spiro atoms. The summed E-state index contributed by atoms with van der Waals surface area (Å²) < 4.78 is 0. The van der Waals surface area contributed by atoms with Crippen molar-refractivity contribution < 1.29 is 24.3 Å². The molecule has 0 fully saturated rings. The second kappa shape index (κ2) is 13.3. The van der Waals surface area contributed by atoms with E-state index in [4.69, 9.17) is 5.73 Å². The molecule has 0 heterocycles. The third kappa shape index (κ3) is 8.85. The zero-order chi connectivity index (χ0) is 24.5. The number of carbonyl (C=O) groups is 4. The molecule has 0 aromatic carbocycles. The van der Waals surface area contributed by atoms with E-state index in [1.165, 1.54) is 0 Å². The van der Waals surface area contributed by atoms with Gasteiger partial charge in [0.2, 0.25) is 17.7 Å². The van der Waals surface area contributed by atoms with Crippen molar-refractivity contribution in [3.8, 4) is 0 Å². The highest BCUT2D eigenvalue weighted by atomic mass is 16.4. The molecule has 6 atom stereocenters. The molecule has 0 bridgehead atoms. The number of carboxylic acid groups (broad SMARTS) is 1. The highest BCUT2D eigenvalue weighted by Gasteiger charge is 2.34. The van der Waals surface area contributed by atoms with Crippen LogP contribution in [0.3, 0.4) is 0 Å². The van der Waals surface area contributed by atoms with Gasteiger partial charge in [-0.1, -0.05) is 68.2 Å². The third-order valence-corrected chi connectivity index (χ3v) is 5.84. The van der Waals surface area contributed by atoms with Crippen LogP contribution in [-0.2, 0) is 19.2 Å². The Bertz CT molecular complexity index is 623. The van der Waals surface area contributed by atoms with E-state index in [9.17, 15) is 24.3 Å². The second-order valence-corrected chi connectivity index (χ2v) is 9.08. The predicted octanol–water partition coefficient (Wildman–Crippen LogP) is 1.26. The van der Waals surface area contributed by atoms with E-state index < -0.39 is 47.9 Å². The van der Waals surface area contributed by atoms with Crippen LogP contribution in [0.1, 0.15) is 68.2 Å². The first kappa shape index (κ1) is 28.8. The van der Waals surface area contributed by atoms with Gasteiger partial charge in [0.05, 0.1) is 6.04 Å². The molecule has 0 aliphatic heterocycles. The first-order chi connectivity index (χ1) is 14.3. The van der Waals surface area contributed by atoms with Gasteiger partial charge < -0.3 is 26.8 Å². The van der Waals surface area contributed by atoms with Crippen molar-refractivity contribution in [2.24, 2.45) is 29.4 Å². The standard InChI is InChI=1S/C22H42N4O5/c1-9-13(7)17(21(29)26-18(22(30)31)14(8)10-2)25-20(28)16(12(5)6)24-19(27)15(23)11(3)4/h11-18H,9-10,23H2,1-8H3,(H,24,27)(H,25,28)(H,26,29)(H,30,31)/t13-,14-,15-,16-,17-,18-/m0/s1. The van der Waals surface area contributed by atoms with Crippen LogP contribution in [0.25, 0.3) is 0 Å². The Morgan fingerprint density at radius 2 is 1.06 bits per heavy atom. The molecule has 0 aromatic heterocycles. The Kier molecular flexibility index (Phi) is 12.4. The number of hydrogen-bond donors (Lipinski definition) is 5. The normalized spacial score (nSPS) is 17.3. The van der Waals surface area contributed by atoms with Gasteiger partial charge in [0.15, 0.2) is 0 Å². The lowest BCUT2D eigenvalue weighted by Crippen LogP contribution is -2.60. The summed E-state index contributed by atoms with van der Waals surface area (Å²) in [4.78, 5) is 49.9. The molecule has 0 saturated carbocycles. The molecule has 9 heteroatoms. The van der Waals surface area contributed by atoms with Gasteiger partial charge in [0.25, 0.3) is 0 Å². The molecule has 3 amide bonds. The van der Waals surface area contributed by atoms with Crippen molar-refractivity contribution in [3.05, 3.63) is 0 Å². The first-order valence-electron chi connectivity index (χ1n) is 11.2. The largest absolute Gasteiger partial charge is 0.480 e. The molecule has 0 aliphatic rings. The Morgan fingerprint density at radius 1 is 0.677 bits per heavy atom. The van der Waals surface area contributed by atoms with Crippen molar-refractivity contribution in [3.63, 3.8) is 0 Å². The van der Waals surface area contributed by atoms with Crippen LogP contribution >= 0.6 is 0 Å². The fourth-order valence-electron chi connectivity index (χ4n) is 2.96. The summed E-state index contributed by atoms with van der Waals surface area (Å²) in [6.45, 7) is 14.5. The highest BCUT2D eigenvalue weighted by molar-refractivity contribution is 5.94. The van der Waals surface area contributed by atoms with Crippen molar-refractivity contribution in [2.75, 3.05) is 0 Å². The zero-order valence-electron chi connectivity index (χ0n) is 20.2. The van der Waals surface area contributed by atoms with Crippen LogP contribution in [0.5, 0.6) is 0 Å². The lowest BCUT2D eigenvalue weighted by Gasteiger charge is -2.30. The molecule has 0 radical (unpaired) electrons. The smallest absolute Gasteiger partial charge is 0.326 e. The summed E-state index contributed by atoms with van der Waals surface area (Å²) in [7, 11) is 0. The lowest BCUT2D eigenvalue weighted by molar-refractivity contribution is -0.144. The Labute approximate surface area is 186 Å². The number of aliphatic carboxylic acids is 1. The van der Waals surface area contributed by atoms with Gasteiger partial charge in [-0.05, 0) is 23.7 Å². The molecule has 0 aliphatic carbocycles. The third-order valence-electron chi connectivity index (χ3n) is 5.84. The number of hydrogen-bond acceptors (Lipinski definition) is 5. The molecule has 0 rings (SSSR count). The van der Waals surface area contributed by atoms with Gasteiger partial charge in [-0.25, -0.2) is 4.79 Å². The molecular weight excluding hydrogens is 400 g/mol. The monoisotopic (exact) mass is 442 g/mol. The van der Waals surface area contributed by atoms with Gasteiger partial charge >= 0.3 is 5.97 Å². The van der Waals surface area contributed by atoms with Crippen molar-refractivity contribution >= 4 is 23.7 Å². The SMILES string of the molecule is CC[C@H](C)[C@H](NC(=O)[C@@H](NC(=O)[C@@H](NC(=O)[C@@H](N)C(C)C)C(C)C)[C@@H](C)CC)C(=O)O. The predicted molar refractivity (Wildman–Crippen MR) is 120 cm³/mol. The Hall–Kier alpha value is -2.16. The lowest BCUT2D eigenvalue weighted by atomic mass is 9.94. The molecule has 0 unspecified atom stereocenters. The van der Waals surface area contributed by atoms with Crippen LogP contribution in [0.15, 0.2) is 0 Å². The van der Waals surface area contributed by atoms with Crippen molar-refractivity contribution in [2.45, 2.75) is 92.4 Å². The van der Waals surface area contributed by atoms with Gasteiger partial charge in [-0.2, -0.15) is 0 Å². The maximum absolute atomic E-state index is 13.0. The quantitative estimate of drug-likeness (QED) is 0.290. The summed E-state index contributed by atoms with van der Waals surface area (Å²) in [6, 6.07) is -3.61. The van der Waals surface area contributed by atoms with Crippen LogP contribution in [0.2, 0.25) is 0 Å². The van der Waals surface area contributed by atoms with E-state index in [0.717, 1.165) is 0 Å². The van der Waals surface area contributed by atoms with Crippen LogP contribution in [-0.4, -0.2) is 53.0 Å². The Morgan fingerprint density at radius 3 is 1.45 bits per heavy atom. The van der Waals surface area contributed by atoms with E-state index in [1.807, 2.05) is 27.7 Å². The van der Waals surface area contributed by atoms with Crippen molar-refractivity contribution in [1.29, 1.82) is 0 Å². The molecule has 0 saturated heterocycles. The topological polar surface area (TPSA) is 151 Å². The van der Waals surface area contributed by atoms with E-state index >= 15 is 0 Å². The Balaban J connectivity index is 5.56. The van der Waals surface area contributed by atoms with E-state index in [1.54, 1.807) is 27.7 Å². The summed E-state index contributed by atoms with van der Waals surface area (Å²) in [6.07, 6.45) is 1.17. The summed E-state index contributed by atoms with van der Waals surface area (Å²) in [5.74, 6) is -3.45. The number of nitrogens with two attached hydrogens (primary N) is 1. The first-order valence-corrected chi connectivity index (χ1v) is 11.2. The minimum Gasteiger partial charge on any atom is -0.480 e. The van der Waals surface area contributed by atoms with E-state index in [-0.39, 0.29) is 23.7 Å². The number of amides is 3. The average Bonchev–Trinajstić information content (AvgIpc) is 2.70. The fourth-order valence-corrected chi connectivity index (χ4v) is 2.96. The maximum atomic E-state index is 13.0. The second-order valence-electron chi connectivity index (χ2n) is 9.08. The summed E-state index contributed by atoms with van der Waals surface area (Å²) >= 11 is 0. The van der Waals surface area contributed by atoms with Crippen LogP contribution < -0.4 is 21.7 Å². The molecular formula is C22H42N4O5. The summed E-state index contributed by atoms with van der Waals surface area (Å²) in [5.41, 5.74) is 5.89. The van der Waals surface area contributed by atoms with Gasteiger partial charge in [-0.15, -0.1) is 0 Å². The van der Waals surface area contributed by atoms with Crippen LogP contribution in [0, 0.1) is 23.7 Å². The number of carboxylic acids is 1. The molecule has 0 aromatic rings. The maximum Gasteiger partial charge on any atom is 0.326 e. The van der Waals surface area contributed by atoms with E-state index in [0.29, 0.717) is 12.8 Å². The number of nitrogens with one attached hydrogen (secondary N) is 3. The average molecular weight is 443 g/mol. The molecule has 6 N–H and O–H groups in total. The van der Waals surface area contributed by atoms with Gasteiger partial charge in [-0.3, -0.25) is 14.4 Å². The molecule has 31 heavy (non-hydrogen) atoms. The molecule has 9 nitrogen and oxygen atoms in total. The fraction of sp³-hybridized carbons (Fsp3) is 0.818. The van der Waals surface area contributed by atoms with Crippen LogP contribution in [0.4, 0.5) is 0 Å². The summed E-state index contributed by atoms with van der Waals surface area (Å²) in [5, 5.41) is 17.5. The zero-order valence-corrected chi connectivity index (χ0v) is 20.2. The van der Waals surface area contributed by atoms with Gasteiger partial charge in [0.1, 0.15) is 18.1 Å². The highest BCUT2D eigenvalue weighted by Crippen LogP contribution is 2.13. The number of carbonyl (C=O) groups excluding carboxylic acids is 3. The van der Waals surface area contributed by atoms with Crippen molar-refractivity contribution in [1.82, 2.24) is 16.0 Å². The minimum atomic E-state index is -1.12. The number of rotatable bonds is 13. The minimum absolute atomic E-state index is 0.0944. The molecule has 180 valence electrons. The van der Waals surface area contributed by atoms with E-state index in [2.05, 4.69) is 16.0 Å².